The fourth-order valence-corrected chi connectivity index (χ4v) is 6.01. The molecule has 208 valence electrons. The smallest absolute Gasteiger partial charge is 0.143 e. The van der Waals surface area contributed by atoms with Crippen molar-refractivity contribution in [1.82, 2.24) is 0 Å². The zero-order valence-corrected chi connectivity index (χ0v) is 24.1. The Hall–Kier alpha value is -5.86. The molecule has 0 aliphatic heterocycles. The van der Waals surface area contributed by atoms with Crippen LogP contribution in [0.3, 0.4) is 0 Å². The molecule has 0 aliphatic carbocycles. The number of rotatable bonds is 6. The SMILES string of the molecule is c1ccc(-c2ccc(Nc3ccc(-c4cc(-c5ccccc5)cc(-c5cccc6c5oc5ccccc56)c4)cc3)cc2)cc1. The molecule has 8 rings (SSSR count). The van der Waals surface area contributed by atoms with Crippen LogP contribution in [-0.4, -0.2) is 0 Å². The Bertz CT molecular complexity index is 2210. The van der Waals surface area contributed by atoms with E-state index in [-0.39, 0.29) is 0 Å². The van der Waals surface area contributed by atoms with Gasteiger partial charge < -0.3 is 9.73 Å². The van der Waals surface area contributed by atoms with E-state index < -0.39 is 0 Å². The summed E-state index contributed by atoms with van der Waals surface area (Å²) in [7, 11) is 0. The van der Waals surface area contributed by atoms with Gasteiger partial charge in [0, 0.05) is 27.7 Å². The standard InChI is InChI=1S/C42H29NO/c1-3-10-29(11-4-1)31-18-22-36(23-19-31)43-37-24-20-32(21-25-37)34-26-33(30-12-5-2-6-13-30)27-35(28-34)38-15-9-16-40-39-14-7-8-17-41(39)44-42(38)40/h1-28,43H. The number of benzene rings is 7. The van der Waals surface area contributed by atoms with Gasteiger partial charge in [0.25, 0.3) is 0 Å². The van der Waals surface area contributed by atoms with Gasteiger partial charge in [-0.2, -0.15) is 0 Å². The van der Waals surface area contributed by atoms with Crippen LogP contribution in [0.25, 0.3) is 66.4 Å². The van der Waals surface area contributed by atoms with Gasteiger partial charge in [-0.05, 0) is 87.5 Å². The fraction of sp³-hybridized carbons (Fsp3) is 0. The van der Waals surface area contributed by atoms with Crippen LogP contribution in [0.2, 0.25) is 0 Å². The number of furan rings is 1. The molecular weight excluding hydrogens is 534 g/mol. The summed E-state index contributed by atoms with van der Waals surface area (Å²) in [6.07, 6.45) is 0. The Kier molecular flexibility index (Phi) is 6.51. The second kappa shape index (κ2) is 11.1. The Balaban J connectivity index is 1.15. The molecule has 0 bridgehead atoms. The molecule has 2 nitrogen and oxygen atoms in total. The number of para-hydroxylation sites is 2. The summed E-state index contributed by atoms with van der Waals surface area (Å²) >= 11 is 0. The van der Waals surface area contributed by atoms with Crippen LogP contribution < -0.4 is 5.32 Å². The fourth-order valence-electron chi connectivity index (χ4n) is 6.01. The van der Waals surface area contributed by atoms with Gasteiger partial charge in [0.15, 0.2) is 0 Å². The lowest BCUT2D eigenvalue weighted by atomic mass is 9.92. The number of hydrogen-bond donors (Lipinski definition) is 1. The van der Waals surface area contributed by atoms with Crippen LogP contribution in [-0.2, 0) is 0 Å². The maximum Gasteiger partial charge on any atom is 0.143 e. The third-order valence-electron chi connectivity index (χ3n) is 8.25. The summed E-state index contributed by atoms with van der Waals surface area (Å²) in [5.41, 5.74) is 13.3. The molecule has 8 aromatic rings. The molecule has 0 fully saturated rings. The summed E-state index contributed by atoms with van der Waals surface area (Å²) in [6, 6.07) is 59.8. The van der Waals surface area contributed by atoms with E-state index in [1.807, 2.05) is 18.2 Å². The normalized spacial score (nSPS) is 11.2. The van der Waals surface area contributed by atoms with Gasteiger partial charge in [-0.1, -0.05) is 121 Å². The quantitative estimate of drug-likeness (QED) is 0.218. The van der Waals surface area contributed by atoms with Crippen molar-refractivity contribution in [2.45, 2.75) is 0 Å². The van der Waals surface area contributed by atoms with E-state index in [1.165, 1.54) is 22.3 Å². The largest absolute Gasteiger partial charge is 0.455 e. The molecule has 0 amide bonds. The molecule has 1 heterocycles. The first kappa shape index (κ1) is 25.8. The average molecular weight is 564 g/mol. The van der Waals surface area contributed by atoms with Crippen LogP contribution in [0, 0.1) is 0 Å². The Labute approximate surface area is 256 Å². The molecular formula is C42H29NO. The van der Waals surface area contributed by atoms with Gasteiger partial charge in [-0.3, -0.25) is 0 Å². The summed E-state index contributed by atoms with van der Waals surface area (Å²) in [5, 5.41) is 5.83. The number of nitrogens with one attached hydrogen (secondary N) is 1. The molecule has 0 spiro atoms. The van der Waals surface area contributed by atoms with E-state index in [4.69, 9.17) is 4.42 Å². The topological polar surface area (TPSA) is 25.2 Å². The van der Waals surface area contributed by atoms with Gasteiger partial charge in [0.05, 0.1) is 0 Å². The number of hydrogen-bond acceptors (Lipinski definition) is 2. The van der Waals surface area contributed by atoms with E-state index in [0.29, 0.717) is 0 Å². The van der Waals surface area contributed by atoms with E-state index in [9.17, 15) is 0 Å². The van der Waals surface area contributed by atoms with E-state index in [2.05, 4.69) is 157 Å². The predicted octanol–water partition coefficient (Wildman–Crippen LogP) is 12.0. The molecule has 0 radical (unpaired) electrons. The van der Waals surface area contributed by atoms with Crippen molar-refractivity contribution in [3.63, 3.8) is 0 Å². The third-order valence-corrected chi connectivity index (χ3v) is 8.25. The summed E-state index contributed by atoms with van der Waals surface area (Å²) in [4.78, 5) is 0. The van der Waals surface area contributed by atoms with Gasteiger partial charge in [-0.25, -0.2) is 0 Å². The van der Waals surface area contributed by atoms with Gasteiger partial charge in [0.1, 0.15) is 11.2 Å². The lowest BCUT2D eigenvalue weighted by Crippen LogP contribution is -1.91. The molecule has 0 saturated heterocycles. The van der Waals surface area contributed by atoms with Crippen LogP contribution in [0.15, 0.2) is 174 Å². The highest BCUT2D eigenvalue weighted by Crippen LogP contribution is 2.39. The van der Waals surface area contributed by atoms with Crippen molar-refractivity contribution < 1.29 is 4.42 Å². The van der Waals surface area contributed by atoms with Crippen LogP contribution in [0.4, 0.5) is 11.4 Å². The van der Waals surface area contributed by atoms with Crippen molar-refractivity contribution in [2.24, 2.45) is 0 Å². The number of anilines is 2. The molecule has 44 heavy (non-hydrogen) atoms. The monoisotopic (exact) mass is 563 g/mol. The highest BCUT2D eigenvalue weighted by atomic mass is 16.3. The molecule has 7 aromatic carbocycles. The maximum absolute atomic E-state index is 6.43. The minimum Gasteiger partial charge on any atom is -0.455 e. The number of fused-ring (bicyclic) bond motifs is 3. The van der Waals surface area contributed by atoms with E-state index in [1.54, 1.807) is 0 Å². The van der Waals surface area contributed by atoms with Gasteiger partial charge in [-0.15, -0.1) is 0 Å². The van der Waals surface area contributed by atoms with Crippen molar-refractivity contribution in [3.8, 4) is 44.5 Å². The maximum atomic E-state index is 6.43. The first-order chi connectivity index (χ1) is 21.8. The molecule has 1 aromatic heterocycles. The minimum atomic E-state index is 0.909. The summed E-state index contributed by atoms with van der Waals surface area (Å²) < 4.78 is 6.43. The molecule has 1 N–H and O–H groups in total. The minimum absolute atomic E-state index is 0.909. The van der Waals surface area contributed by atoms with E-state index >= 15 is 0 Å². The summed E-state index contributed by atoms with van der Waals surface area (Å²) in [5.74, 6) is 0. The molecule has 2 heteroatoms. The predicted molar refractivity (Wildman–Crippen MR) is 185 cm³/mol. The zero-order valence-electron chi connectivity index (χ0n) is 24.1. The van der Waals surface area contributed by atoms with Crippen molar-refractivity contribution in [3.05, 3.63) is 170 Å². The van der Waals surface area contributed by atoms with Gasteiger partial charge >= 0.3 is 0 Å². The highest BCUT2D eigenvalue weighted by Gasteiger charge is 2.14. The first-order valence-electron chi connectivity index (χ1n) is 14.9. The zero-order chi connectivity index (χ0) is 29.3. The molecule has 0 unspecified atom stereocenters. The molecule has 0 saturated carbocycles. The van der Waals surface area contributed by atoms with Crippen molar-refractivity contribution in [1.29, 1.82) is 0 Å². The molecule has 0 aliphatic rings. The van der Waals surface area contributed by atoms with E-state index in [0.717, 1.165) is 55.6 Å². The first-order valence-corrected chi connectivity index (χ1v) is 14.9. The Morgan fingerprint density at radius 2 is 0.818 bits per heavy atom. The van der Waals surface area contributed by atoms with Crippen molar-refractivity contribution >= 4 is 33.3 Å². The van der Waals surface area contributed by atoms with Crippen LogP contribution >= 0.6 is 0 Å². The Morgan fingerprint density at radius 3 is 1.45 bits per heavy atom. The lowest BCUT2D eigenvalue weighted by Gasteiger charge is -2.13. The van der Waals surface area contributed by atoms with Crippen LogP contribution in [0.5, 0.6) is 0 Å². The second-order valence-corrected chi connectivity index (χ2v) is 11.1. The second-order valence-electron chi connectivity index (χ2n) is 11.1. The summed E-state index contributed by atoms with van der Waals surface area (Å²) in [6.45, 7) is 0. The lowest BCUT2D eigenvalue weighted by molar-refractivity contribution is 0.670. The van der Waals surface area contributed by atoms with Gasteiger partial charge in [0.2, 0.25) is 0 Å². The molecule has 0 atom stereocenters. The van der Waals surface area contributed by atoms with Crippen molar-refractivity contribution in [2.75, 3.05) is 5.32 Å². The highest BCUT2D eigenvalue weighted by molar-refractivity contribution is 6.09. The van der Waals surface area contributed by atoms with Crippen LogP contribution in [0.1, 0.15) is 0 Å². The Morgan fingerprint density at radius 1 is 0.341 bits per heavy atom. The average Bonchev–Trinajstić information content (AvgIpc) is 3.49. The third kappa shape index (κ3) is 4.93.